The fourth-order valence-corrected chi connectivity index (χ4v) is 3.05. The van der Waals surface area contributed by atoms with Crippen LogP contribution in [0.3, 0.4) is 0 Å². The molecule has 4 aromatic rings. The maximum Gasteiger partial charge on any atom is 0.234 e. The number of aryl methyl sites for hydroxylation is 2. The van der Waals surface area contributed by atoms with E-state index >= 15 is 0 Å². The molecule has 0 fully saturated rings. The van der Waals surface area contributed by atoms with Crippen LogP contribution < -0.4 is 0 Å². The maximum atomic E-state index is 4.71. The van der Waals surface area contributed by atoms with Gasteiger partial charge in [-0.1, -0.05) is 30.3 Å². The van der Waals surface area contributed by atoms with E-state index in [1.807, 2.05) is 67.0 Å². The van der Waals surface area contributed by atoms with Crippen molar-refractivity contribution in [3.8, 4) is 11.3 Å². The van der Waals surface area contributed by atoms with Gasteiger partial charge in [-0.3, -0.25) is 4.40 Å². The molecule has 5 nitrogen and oxygen atoms in total. The number of aromatic amines is 1. The van der Waals surface area contributed by atoms with Crippen molar-refractivity contribution >= 4 is 18.4 Å². The Balaban J connectivity index is 1.70. The molecule has 1 unspecified atom stereocenters. The van der Waals surface area contributed by atoms with Crippen molar-refractivity contribution in [2.75, 3.05) is 0 Å². The van der Waals surface area contributed by atoms with Crippen LogP contribution >= 0.6 is 12.6 Å². The quantitative estimate of drug-likeness (QED) is 0.561. The van der Waals surface area contributed by atoms with Gasteiger partial charge in [0.15, 0.2) is 0 Å². The van der Waals surface area contributed by atoms with Gasteiger partial charge < -0.3 is 4.98 Å². The first-order valence-corrected chi connectivity index (χ1v) is 8.25. The van der Waals surface area contributed by atoms with Crippen LogP contribution in [0.5, 0.6) is 0 Å². The average Bonchev–Trinajstić information content (AvgIpc) is 3.22. The molecular formula is C18H17N5S. The topological polar surface area (TPSA) is 58.9 Å². The van der Waals surface area contributed by atoms with E-state index in [2.05, 4.69) is 19.9 Å². The molecule has 0 aliphatic heterocycles. The molecule has 0 spiro atoms. The molecule has 3 aromatic heterocycles. The number of fused-ring (bicyclic) bond motifs is 1. The van der Waals surface area contributed by atoms with Crippen molar-refractivity contribution in [1.82, 2.24) is 24.3 Å². The third kappa shape index (κ3) is 2.59. The van der Waals surface area contributed by atoms with Gasteiger partial charge in [-0.05, 0) is 19.9 Å². The van der Waals surface area contributed by atoms with E-state index in [0.717, 1.165) is 34.2 Å². The molecule has 6 heteroatoms. The molecule has 0 saturated carbocycles. The molecule has 0 aliphatic carbocycles. The number of H-pyrrole nitrogens is 1. The molecule has 1 atom stereocenters. The van der Waals surface area contributed by atoms with Crippen molar-refractivity contribution < 1.29 is 0 Å². The van der Waals surface area contributed by atoms with Crippen LogP contribution in [0.4, 0.5) is 0 Å². The summed E-state index contributed by atoms with van der Waals surface area (Å²) in [6.07, 6.45) is 3.87. The highest BCUT2D eigenvalue weighted by molar-refractivity contribution is 7.80. The minimum Gasteiger partial charge on any atom is -0.347 e. The second kappa shape index (κ2) is 5.79. The van der Waals surface area contributed by atoms with E-state index < -0.39 is 0 Å². The Morgan fingerprint density at radius 3 is 2.67 bits per heavy atom. The molecule has 120 valence electrons. The number of rotatable bonds is 3. The molecule has 4 rings (SSSR count). The molecule has 0 amide bonds. The lowest BCUT2D eigenvalue weighted by atomic mass is 10.2. The van der Waals surface area contributed by atoms with Gasteiger partial charge in [-0.25, -0.2) is 15.0 Å². The van der Waals surface area contributed by atoms with E-state index in [4.69, 9.17) is 12.6 Å². The normalized spacial score (nSPS) is 12.6. The summed E-state index contributed by atoms with van der Waals surface area (Å²) in [4.78, 5) is 17.0. The fraction of sp³-hybridized carbons (Fsp3) is 0.167. The number of nitrogens with one attached hydrogen (secondary N) is 1. The van der Waals surface area contributed by atoms with Crippen molar-refractivity contribution in [2.24, 2.45) is 0 Å². The zero-order chi connectivity index (χ0) is 16.7. The zero-order valence-corrected chi connectivity index (χ0v) is 14.3. The lowest BCUT2D eigenvalue weighted by molar-refractivity contribution is 0.975. The summed E-state index contributed by atoms with van der Waals surface area (Å²) in [6, 6.07) is 12.1. The predicted molar refractivity (Wildman–Crippen MR) is 97.3 cm³/mol. The Bertz CT molecular complexity index is 1000. The molecule has 0 saturated heterocycles. The summed E-state index contributed by atoms with van der Waals surface area (Å²) >= 11 is 4.71. The first-order valence-electron chi connectivity index (χ1n) is 7.74. The number of nitrogens with zero attached hydrogens (tertiary/aromatic N) is 4. The maximum absolute atomic E-state index is 4.71. The summed E-state index contributed by atoms with van der Waals surface area (Å²) in [5.41, 5.74) is 4.86. The first-order chi connectivity index (χ1) is 11.6. The van der Waals surface area contributed by atoms with Crippen molar-refractivity contribution in [1.29, 1.82) is 0 Å². The SMILES string of the molecule is Cc1cc(C)n2cc(C(S)c3nc(-c4ccccc4)c[nH]3)nc2n1. The summed E-state index contributed by atoms with van der Waals surface area (Å²) in [5.74, 6) is 1.46. The van der Waals surface area contributed by atoms with E-state index in [9.17, 15) is 0 Å². The third-order valence-corrected chi connectivity index (χ3v) is 4.50. The molecule has 0 radical (unpaired) electrons. The smallest absolute Gasteiger partial charge is 0.234 e. The average molecular weight is 335 g/mol. The monoisotopic (exact) mass is 335 g/mol. The van der Waals surface area contributed by atoms with Gasteiger partial charge in [0.25, 0.3) is 0 Å². The van der Waals surface area contributed by atoms with Crippen molar-refractivity contribution in [2.45, 2.75) is 19.1 Å². The van der Waals surface area contributed by atoms with Crippen molar-refractivity contribution in [3.05, 3.63) is 71.7 Å². The van der Waals surface area contributed by atoms with E-state index in [-0.39, 0.29) is 5.25 Å². The van der Waals surface area contributed by atoms with Gasteiger partial charge in [0.2, 0.25) is 5.78 Å². The highest BCUT2D eigenvalue weighted by atomic mass is 32.1. The Kier molecular flexibility index (Phi) is 3.61. The second-order valence-corrected chi connectivity index (χ2v) is 6.33. The van der Waals surface area contributed by atoms with Crippen LogP contribution in [0.25, 0.3) is 17.0 Å². The second-order valence-electron chi connectivity index (χ2n) is 5.81. The van der Waals surface area contributed by atoms with E-state index in [1.165, 1.54) is 0 Å². The van der Waals surface area contributed by atoms with Gasteiger partial charge in [-0.15, -0.1) is 0 Å². The Morgan fingerprint density at radius 1 is 1.08 bits per heavy atom. The van der Waals surface area contributed by atoms with Crippen LogP contribution in [0.2, 0.25) is 0 Å². The molecule has 1 aromatic carbocycles. The number of hydrogen-bond acceptors (Lipinski definition) is 4. The van der Waals surface area contributed by atoms with Crippen LogP contribution in [0.1, 0.15) is 28.2 Å². The molecule has 1 N–H and O–H groups in total. The van der Waals surface area contributed by atoms with E-state index in [1.54, 1.807) is 0 Å². The van der Waals surface area contributed by atoms with Crippen LogP contribution in [0.15, 0.2) is 48.8 Å². The number of thiol groups is 1. The largest absolute Gasteiger partial charge is 0.347 e. The summed E-state index contributed by atoms with van der Waals surface area (Å²) in [7, 11) is 0. The van der Waals surface area contributed by atoms with Gasteiger partial charge in [0.05, 0.1) is 11.4 Å². The number of benzene rings is 1. The van der Waals surface area contributed by atoms with Crippen LogP contribution in [0, 0.1) is 13.8 Å². The Labute approximate surface area is 145 Å². The Hall–Kier alpha value is -2.60. The number of aromatic nitrogens is 5. The summed E-state index contributed by atoms with van der Waals surface area (Å²) in [6.45, 7) is 4.01. The summed E-state index contributed by atoms with van der Waals surface area (Å²) in [5, 5.41) is -0.233. The highest BCUT2D eigenvalue weighted by Gasteiger charge is 2.18. The fourth-order valence-electron chi connectivity index (χ4n) is 2.79. The lowest BCUT2D eigenvalue weighted by Gasteiger charge is -2.03. The van der Waals surface area contributed by atoms with Gasteiger partial charge in [0, 0.05) is 29.3 Å². The van der Waals surface area contributed by atoms with Crippen molar-refractivity contribution in [3.63, 3.8) is 0 Å². The minimum absolute atomic E-state index is 0.233. The number of hydrogen-bond donors (Lipinski definition) is 2. The highest BCUT2D eigenvalue weighted by Crippen LogP contribution is 2.28. The molecule has 0 bridgehead atoms. The van der Waals surface area contributed by atoms with Gasteiger partial charge >= 0.3 is 0 Å². The van der Waals surface area contributed by atoms with Crippen LogP contribution in [-0.2, 0) is 0 Å². The number of imidazole rings is 2. The van der Waals surface area contributed by atoms with Gasteiger partial charge in [0.1, 0.15) is 11.1 Å². The van der Waals surface area contributed by atoms with Crippen LogP contribution in [-0.4, -0.2) is 24.3 Å². The Morgan fingerprint density at radius 2 is 1.88 bits per heavy atom. The zero-order valence-electron chi connectivity index (χ0n) is 13.4. The van der Waals surface area contributed by atoms with E-state index in [0.29, 0.717) is 5.78 Å². The molecule has 0 aliphatic rings. The predicted octanol–water partition coefficient (Wildman–Crippen LogP) is 3.76. The molecular weight excluding hydrogens is 318 g/mol. The third-order valence-electron chi connectivity index (χ3n) is 3.99. The first kappa shape index (κ1) is 15.0. The lowest BCUT2D eigenvalue weighted by Crippen LogP contribution is -1.96. The van der Waals surface area contributed by atoms with Gasteiger partial charge in [-0.2, -0.15) is 12.6 Å². The molecule has 3 heterocycles. The minimum atomic E-state index is -0.233. The molecule has 24 heavy (non-hydrogen) atoms. The standard InChI is InChI=1S/C18H17N5S/c1-11-8-12(2)23-10-15(22-18(23)20-11)16(24)17-19-9-14(21-17)13-6-4-3-5-7-13/h3-10,16,24H,1-2H3,(H,19,21). The summed E-state index contributed by atoms with van der Waals surface area (Å²) < 4.78 is 1.98.